The third-order valence-electron chi connectivity index (χ3n) is 14.0. The molecule has 0 atom stereocenters. The lowest BCUT2D eigenvalue weighted by atomic mass is 9.81. The van der Waals surface area contributed by atoms with Crippen LogP contribution in [0.2, 0.25) is 0 Å². The zero-order chi connectivity index (χ0) is 43.9. The van der Waals surface area contributed by atoms with Crippen LogP contribution in [0.3, 0.4) is 0 Å². The van der Waals surface area contributed by atoms with E-state index in [1.165, 1.54) is 49.6 Å². The van der Waals surface area contributed by atoms with Gasteiger partial charge in [0.25, 0.3) is 0 Å². The molecular weight excluding hydrogens is 801 g/mol. The Labute approximate surface area is 384 Å². The SMILES string of the molecule is CC1(C)c2ccccc2-c2ccc(-c3ccccc3N(c3cc(-c4ccc(-n5c6ccccc6c6ccccc65)cc4)c4oc5ccccc5c4c3)c3ccccc3-c3ccccc3)cc21. The van der Waals surface area contributed by atoms with Gasteiger partial charge in [-0.1, -0.05) is 184 Å². The van der Waals surface area contributed by atoms with E-state index < -0.39 is 0 Å². The molecule has 1 aliphatic carbocycles. The van der Waals surface area contributed by atoms with Gasteiger partial charge in [0.1, 0.15) is 11.2 Å². The second-order valence-corrected chi connectivity index (χ2v) is 18.1. The van der Waals surface area contributed by atoms with Crippen LogP contribution in [0.5, 0.6) is 0 Å². The van der Waals surface area contributed by atoms with Crippen LogP contribution in [0.4, 0.5) is 17.1 Å². The highest BCUT2D eigenvalue weighted by molar-refractivity contribution is 6.13. The maximum atomic E-state index is 6.85. The number of para-hydroxylation sites is 5. The fraction of sp³-hybridized carbons (Fsp3) is 0.0476. The zero-order valence-electron chi connectivity index (χ0n) is 36.7. The number of hydrogen-bond donors (Lipinski definition) is 0. The first-order chi connectivity index (χ1) is 32.5. The van der Waals surface area contributed by atoms with Crippen LogP contribution in [0.25, 0.3) is 93.9 Å². The summed E-state index contributed by atoms with van der Waals surface area (Å²) in [6, 6.07) is 83.9. The summed E-state index contributed by atoms with van der Waals surface area (Å²) in [4.78, 5) is 2.47. The maximum Gasteiger partial charge on any atom is 0.143 e. The van der Waals surface area contributed by atoms with E-state index in [0.717, 1.165) is 72.5 Å². The lowest BCUT2D eigenvalue weighted by molar-refractivity contribution is 0.660. The van der Waals surface area contributed by atoms with Gasteiger partial charge in [-0.05, 0) is 99.6 Å². The summed E-state index contributed by atoms with van der Waals surface area (Å²) in [5, 5.41) is 4.65. The van der Waals surface area contributed by atoms with Crippen molar-refractivity contribution in [2.75, 3.05) is 4.90 Å². The van der Waals surface area contributed by atoms with Gasteiger partial charge in [-0.2, -0.15) is 0 Å². The van der Waals surface area contributed by atoms with Gasteiger partial charge in [0.15, 0.2) is 0 Å². The van der Waals surface area contributed by atoms with Gasteiger partial charge < -0.3 is 13.9 Å². The van der Waals surface area contributed by atoms with Gasteiger partial charge in [0, 0.05) is 55.0 Å². The first-order valence-electron chi connectivity index (χ1n) is 22.8. The van der Waals surface area contributed by atoms with Crippen molar-refractivity contribution in [2.24, 2.45) is 0 Å². The Morgan fingerprint density at radius 3 is 1.62 bits per heavy atom. The predicted octanol–water partition coefficient (Wildman–Crippen LogP) is 17.5. The highest BCUT2D eigenvalue weighted by Crippen LogP contribution is 2.52. The fourth-order valence-corrected chi connectivity index (χ4v) is 10.9. The Morgan fingerprint density at radius 2 is 0.909 bits per heavy atom. The Kier molecular flexibility index (Phi) is 8.56. The van der Waals surface area contributed by atoms with Crippen LogP contribution in [0.1, 0.15) is 25.0 Å². The summed E-state index contributed by atoms with van der Waals surface area (Å²) in [6.07, 6.45) is 0. The average Bonchev–Trinajstić information content (AvgIpc) is 4.00. The number of nitrogens with zero attached hydrogens (tertiary/aromatic N) is 2. The van der Waals surface area contributed by atoms with E-state index in [-0.39, 0.29) is 5.41 Å². The number of anilines is 3. The number of benzene rings is 10. The van der Waals surface area contributed by atoms with Crippen LogP contribution in [0, 0.1) is 0 Å². The van der Waals surface area contributed by atoms with Crippen LogP contribution in [0.15, 0.2) is 235 Å². The van der Waals surface area contributed by atoms with E-state index in [0.29, 0.717) is 0 Å². The molecule has 312 valence electrons. The molecule has 12 aromatic rings. The molecule has 0 N–H and O–H groups in total. The molecule has 10 aromatic carbocycles. The minimum absolute atomic E-state index is 0.129. The highest BCUT2D eigenvalue weighted by Gasteiger charge is 2.35. The minimum atomic E-state index is -0.129. The molecule has 3 nitrogen and oxygen atoms in total. The molecule has 0 fully saturated rings. The number of fused-ring (bicyclic) bond motifs is 9. The van der Waals surface area contributed by atoms with Gasteiger partial charge in [-0.15, -0.1) is 0 Å². The second kappa shape index (κ2) is 14.8. The van der Waals surface area contributed by atoms with Crippen LogP contribution >= 0.6 is 0 Å². The number of hydrogen-bond acceptors (Lipinski definition) is 2. The molecule has 0 amide bonds. The van der Waals surface area contributed by atoms with E-state index >= 15 is 0 Å². The summed E-state index contributed by atoms with van der Waals surface area (Å²) >= 11 is 0. The first-order valence-corrected chi connectivity index (χ1v) is 22.8. The first kappa shape index (κ1) is 38.1. The Hall–Kier alpha value is -8.40. The quantitative estimate of drug-likeness (QED) is 0.159. The van der Waals surface area contributed by atoms with Crippen molar-refractivity contribution in [1.29, 1.82) is 0 Å². The predicted molar refractivity (Wildman–Crippen MR) is 277 cm³/mol. The molecule has 0 radical (unpaired) electrons. The largest absolute Gasteiger partial charge is 0.455 e. The zero-order valence-corrected chi connectivity index (χ0v) is 36.7. The van der Waals surface area contributed by atoms with E-state index in [4.69, 9.17) is 4.42 Å². The summed E-state index contributed by atoms with van der Waals surface area (Å²) < 4.78 is 9.23. The second-order valence-electron chi connectivity index (χ2n) is 18.1. The Morgan fingerprint density at radius 1 is 0.379 bits per heavy atom. The van der Waals surface area contributed by atoms with Crippen molar-refractivity contribution in [3.05, 3.63) is 242 Å². The van der Waals surface area contributed by atoms with Crippen molar-refractivity contribution in [3.8, 4) is 50.2 Å². The molecule has 13 rings (SSSR count). The average molecular weight is 845 g/mol. The molecule has 0 spiro atoms. The van der Waals surface area contributed by atoms with Gasteiger partial charge in [-0.25, -0.2) is 0 Å². The summed E-state index contributed by atoms with van der Waals surface area (Å²) in [7, 11) is 0. The molecule has 1 aliphatic rings. The van der Waals surface area contributed by atoms with Crippen LogP contribution in [-0.2, 0) is 5.41 Å². The molecule has 2 aromatic heterocycles. The van der Waals surface area contributed by atoms with Crippen molar-refractivity contribution in [3.63, 3.8) is 0 Å². The summed E-state index contributed by atoms with van der Waals surface area (Å²) in [5.41, 5.74) is 20.4. The van der Waals surface area contributed by atoms with E-state index in [9.17, 15) is 0 Å². The third kappa shape index (κ3) is 5.83. The monoisotopic (exact) mass is 844 g/mol. The minimum Gasteiger partial charge on any atom is -0.455 e. The molecule has 3 heteroatoms. The lowest BCUT2D eigenvalue weighted by Crippen LogP contribution is -2.15. The van der Waals surface area contributed by atoms with E-state index in [1.807, 2.05) is 0 Å². The Balaban J connectivity index is 1.04. The van der Waals surface area contributed by atoms with Gasteiger partial charge in [0.05, 0.1) is 22.4 Å². The topological polar surface area (TPSA) is 21.3 Å². The lowest BCUT2D eigenvalue weighted by Gasteiger charge is -2.30. The van der Waals surface area contributed by atoms with Crippen molar-refractivity contribution < 1.29 is 4.42 Å². The molecule has 2 heterocycles. The van der Waals surface area contributed by atoms with Crippen LogP contribution in [-0.4, -0.2) is 4.57 Å². The molecule has 0 saturated heterocycles. The van der Waals surface area contributed by atoms with Crippen molar-refractivity contribution >= 4 is 60.8 Å². The molecule has 66 heavy (non-hydrogen) atoms. The Bertz CT molecular complexity index is 3800. The summed E-state index contributed by atoms with van der Waals surface area (Å²) in [5.74, 6) is 0. The standard InChI is InChI=1S/C63H44N2O/c1-63(2)55-26-12-6-22-48(55)49-37-34-43(38-56(49)63)47-21-8-14-28-58(47)65(57-27-13-7-20-46(57)41-18-4-3-5-19-41)45-39-53(62-54(40-45)52-25-11-17-31-61(52)66-62)42-32-35-44(36-33-42)64-59-29-15-9-23-50(59)51-24-10-16-30-60(51)64/h3-40H,1-2H3. The van der Waals surface area contributed by atoms with E-state index in [2.05, 4.69) is 254 Å². The maximum absolute atomic E-state index is 6.85. The van der Waals surface area contributed by atoms with Crippen molar-refractivity contribution in [2.45, 2.75) is 19.3 Å². The van der Waals surface area contributed by atoms with Gasteiger partial charge >= 0.3 is 0 Å². The van der Waals surface area contributed by atoms with E-state index in [1.54, 1.807) is 0 Å². The molecule has 0 saturated carbocycles. The van der Waals surface area contributed by atoms with Crippen molar-refractivity contribution in [1.82, 2.24) is 4.57 Å². The number of rotatable bonds is 7. The smallest absolute Gasteiger partial charge is 0.143 e. The number of furan rings is 1. The summed E-state index contributed by atoms with van der Waals surface area (Å²) in [6.45, 7) is 4.72. The highest BCUT2D eigenvalue weighted by atomic mass is 16.3. The number of aromatic nitrogens is 1. The third-order valence-corrected chi connectivity index (χ3v) is 14.0. The van der Waals surface area contributed by atoms with Gasteiger partial charge in [0.2, 0.25) is 0 Å². The normalized spacial score (nSPS) is 12.8. The molecule has 0 bridgehead atoms. The fourth-order valence-electron chi connectivity index (χ4n) is 10.9. The molecular formula is C63H44N2O. The molecule has 0 unspecified atom stereocenters. The van der Waals surface area contributed by atoms with Gasteiger partial charge in [-0.3, -0.25) is 0 Å². The van der Waals surface area contributed by atoms with Crippen LogP contribution < -0.4 is 4.90 Å². The molecule has 0 aliphatic heterocycles.